The first kappa shape index (κ1) is 9.27. The van der Waals surface area contributed by atoms with Gasteiger partial charge in [-0.1, -0.05) is 17.6 Å². The second kappa shape index (κ2) is 3.13. The summed E-state index contributed by atoms with van der Waals surface area (Å²) in [6, 6.07) is 3.13. The predicted molar refractivity (Wildman–Crippen MR) is 58.3 cm³/mol. The molecule has 0 saturated carbocycles. The smallest absolute Gasteiger partial charge is 0.306 e. The average molecular weight is 251 g/mol. The zero-order valence-electron chi connectivity index (χ0n) is 6.93. The number of hydrogen-bond donors (Lipinski definition) is 2. The molecule has 0 bridgehead atoms. The van der Waals surface area contributed by atoms with Crippen molar-refractivity contribution in [1.82, 2.24) is 9.97 Å². The Bertz CT molecular complexity index is 617. The Morgan fingerprint density at radius 2 is 1.93 bits per heavy atom. The van der Waals surface area contributed by atoms with E-state index in [1.165, 1.54) is 6.07 Å². The SMILES string of the molecule is [B]c1cc(Br)c2[nH]c(=O)[nH]c(=O)c2c1. The molecule has 1 aromatic heterocycles. The highest BCUT2D eigenvalue weighted by molar-refractivity contribution is 9.10. The quantitative estimate of drug-likeness (QED) is 0.635. The van der Waals surface area contributed by atoms with Crippen molar-refractivity contribution in [2.45, 2.75) is 0 Å². The van der Waals surface area contributed by atoms with Crippen LogP contribution in [0.4, 0.5) is 0 Å². The second-order valence-electron chi connectivity index (χ2n) is 2.83. The molecule has 2 N–H and O–H groups in total. The first-order chi connectivity index (χ1) is 6.58. The number of aromatic amines is 2. The van der Waals surface area contributed by atoms with Gasteiger partial charge in [0.05, 0.1) is 10.9 Å². The monoisotopic (exact) mass is 250 g/mol. The van der Waals surface area contributed by atoms with Crippen LogP contribution in [0.1, 0.15) is 0 Å². The molecule has 2 aromatic rings. The largest absolute Gasteiger partial charge is 0.326 e. The molecular formula is C8H4BBrN2O2. The Kier molecular flexibility index (Phi) is 2.07. The van der Waals surface area contributed by atoms with Crippen LogP contribution in [0.5, 0.6) is 0 Å². The Hall–Kier alpha value is -1.30. The summed E-state index contributed by atoms with van der Waals surface area (Å²) in [4.78, 5) is 27.0. The zero-order chi connectivity index (χ0) is 10.3. The molecule has 0 saturated heterocycles. The van der Waals surface area contributed by atoms with Crippen molar-refractivity contribution in [2.75, 3.05) is 0 Å². The van der Waals surface area contributed by atoms with Crippen molar-refractivity contribution in [2.24, 2.45) is 0 Å². The van der Waals surface area contributed by atoms with Crippen molar-refractivity contribution in [3.05, 3.63) is 37.4 Å². The van der Waals surface area contributed by atoms with E-state index in [4.69, 9.17) is 7.85 Å². The molecule has 2 rings (SSSR count). The van der Waals surface area contributed by atoms with Crippen LogP contribution in [0.3, 0.4) is 0 Å². The number of nitrogens with one attached hydrogen (secondary N) is 2. The number of benzene rings is 1. The van der Waals surface area contributed by atoms with Gasteiger partial charge in [-0.3, -0.25) is 9.78 Å². The van der Waals surface area contributed by atoms with Crippen LogP contribution in [-0.2, 0) is 0 Å². The summed E-state index contributed by atoms with van der Waals surface area (Å²) in [6.45, 7) is 0. The molecule has 0 aliphatic heterocycles. The van der Waals surface area contributed by atoms with Gasteiger partial charge < -0.3 is 4.98 Å². The molecular weight excluding hydrogens is 247 g/mol. The fourth-order valence-electron chi connectivity index (χ4n) is 1.25. The lowest BCUT2D eigenvalue weighted by molar-refractivity contribution is 1.08. The van der Waals surface area contributed by atoms with Crippen LogP contribution < -0.4 is 16.7 Å². The molecule has 0 spiro atoms. The zero-order valence-corrected chi connectivity index (χ0v) is 8.51. The maximum atomic E-state index is 11.4. The Labute approximate surface area is 87.9 Å². The lowest BCUT2D eigenvalue weighted by atomic mass is 9.95. The summed E-state index contributed by atoms with van der Waals surface area (Å²) in [5.41, 5.74) is -0.0698. The standard InChI is InChI=1S/C8H4BBrN2O2/c9-3-1-4-6(5(10)2-3)11-8(14)12-7(4)13/h1-2H,(H2,11,12,13,14). The van der Waals surface area contributed by atoms with Gasteiger partial charge in [0.2, 0.25) is 0 Å². The molecule has 0 fully saturated rings. The van der Waals surface area contributed by atoms with Gasteiger partial charge in [-0.2, -0.15) is 0 Å². The highest BCUT2D eigenvalue weighted by Gasteiger charge is 2.04. The van der Waals surface area contributed by atoms with Crippen LogP contribution >= 0.6 is 15.9 Å². The number of fused-ring (bicyclic) bond motifs is 1. The minimum absolute atomic E-state index is 0.358. The Morgan fingerprint density at radius 3 is 2.64 bits per heavy atom. The first-order valence-corrected chi connectivity index (χ1v) is 4.58. The van der Waals surface area contributed by atoms with E-state index >= 15 is 0 Å². The maximum Gasteiger partial charge on any atom is 0.326 e. The van der Waals surface area contributed by atoms with E-state index in [1.807, 2.05) is 0 Å². The minimum Gasteiger partial charge on any atom is -0.306 e. The summed E-state index contributed by atoms with van der Waals surface area (Å²) in [5.74, 6) is 0. The van der Waals surface area contributed by atoms with Gasteiger partial charge in [0.1, 0.15) is 7.85 Å². The summed E-state index contributed by atoms with van der Waals surface area (Å²) < 4.78 is 0.593. The fourth-order valence-corrected chi connectivity index (χ4v) is 1.83. The average Bonchev–Trinajstić information content (AvgIpc) is 2.07. The van der Waals surface area contributed by atoms with Gasteiger partial charge in [-0.25, -0.2) is 4.79 Å². The second-order valence-corrected chi connectivity index (χ2v) is 3.69. The minimum atomic E-state index is -0.534. The van der Waals surface area contributed by atoms with Gasteiger partial charge in [0.25, 0.3) is 5.56 Å². The van der Waals surface area contributed by atoms with Crippen molar-refractivity contribution < 1.29 is 0 Å². The Morgan fingerprint density at radius 1 is 1.21 bits per heavy atom. The van der Waals surface area contributed by atoms with Gasteiger partial charge in [-0.05, 0) is 15.9 Å². The lowest BCUT2D eigenvalue weighted by Gasteiger charge is -2.00. The number of aromatic nitrogens is 2. The van der Waals surface area contributed by atoms with Crippen molar-refractivity contribution in [3.8, 4) is 0 Å². The van der Waals surface area contributed by atoms with Crippen molar-refractivity contribution in [3.63, 3.8) is 0 Å². The van der Waals surface area contributed by atoms with E-state index in [9.17, 15) is 9.59 Å². The third-order valence-electron chi connectivity index (χ3n) is 1.82. The van der Waals surface area contributed by atoms with E-state index < -0.39 is 11.2 Å². The molecule has 14 heavy (non-hydrogen) atoms. The van der Waals surface area contributed by atoms with Gasteiger partial charge in [0.15, 0.2) is 0 Å². The van der Waals surface area contributed by atoms with E-state index in [0.717, 1.165) is 0 Å². The molecule has 6 heteroatoms. The third-order valence-corrected chi connectivity index (χ3v) is 2.45. The van der Waals surface area contributed by atoms with Crippen molar-refractivity contribution in [1.29, 1.82) is 0 Å². The van der Waals surface area contributed by atoms with Crippen LogP contribution in [0.15, 0.2) is 26.2 Å². The molecule has 1 aromatic carbocycles. The van der Waals surface area contributed by atoms with Crippen LogP contribution in [0, 0.1) is 0 Å². The first-order valence-electron chi connectivity index (χ1n) is 3.79. The normalized spacial score (nSPS) is 10.6. The number of rotatable bonds is 0. The predicted octanol–water partition coefficient (Wildman–Crippen LogP) is -0.227. The van der Waals surface area contributed by atoms with E-state index in [-0.39, 0.29) is 0 Å². The fraction of sp³-hybridized carbons (Fsp3) is 0. The molecule has 4 nitrogen and oxygen atoms in total. The molecule has 0 amide bonds. The van der Waals surface area contributed by atoms with E-state index in [1.54, 1.807) is 6.07 Å². The molecule has 68 valence electrons. The molecule has 1 heterocycles. The van der Waals surface area contributed by atoms with Gasteiger partial charge in [0, 0.05) is 4.47 Å². The van der Waals surface area contributed by atoms with Crippen LogP contribution in [0.2, 0.25) is 0 Å². The summed E-state index contributed by atoms with van der Waals surface area (Å²) in [6.07, 6.45) is 0. The highest BCUT2D eigenvalue weighted by Crippen LogP contribution is 2.15. The summed E-state index contributed by atoms with van der Waals surface area (Å²) in [7, 11) is 5.56. The number of hydrogen-bond acceptors (Lipinski definition) is 2. The number of H-pyrrole nitrogens is 2. The van der Waals surface area contributed by atoms with Crippen LogP contribution in [-0.4, -0.2) is 17.8 Å². The third kappa shape index (κ3) is 1.41. The van der Waals surface area contributed by atoms with Crippen LogP contribution in [0.25, 0.3) is 10.9 Å². The van der Waals surface area contributed by atoms with E-state index in [2.05, 4.69) is 25.9 Å². The summed E-state index contributed by atoms with van der Waals surface area (Å²) >= 11 is 3.21. The topological polar surface area (TPSA) is 65.7 Å². The van der Waals surface area contributed by atoms with Crippen molar-refractivity contribution >= 4 is 40.1 Å². The lowest BCUT2D eigenvalue weighted by Crippen LogP contribution is -2.23. The molecule has 0 aliphatic carbocycles. The molecule has 0 unspecified atom stereocenters. The molecule has 2 radical (unpaired) electrons. The summed E-state index contributed by atoms with van der Waals surface area (Å²) in [5, 5.41) is 0.358. The van der Waals surface area contributed by atoms with Gasteiger partial charge in [-0.15, -0.1) is 0 Å². The number of halogens is 1. The maximum absolute atomic E-state index is 11.4. The molecule has 0 aliphatic rings. The van der Waals surface area contributed by atoms with E-state index in [0.29, 0.717) is 20.8 Å². The Balaban J connectivity index is 3.10. The highest BCUT2D eigenvalue weighted by atomic mass is 79.9. The molecule has 0 atom stereocenters. The van der Waals surface area contributed by atoms with Gasteiger partial charge >= 0.3 is 5.69 Å².